The first kappa shape index (κ1) is 8.64. The monoisotopic (exact) mass is 164 g/mol. The van der Waals surface area contributed by atoms with E-state index in [2.05, 4.69) is 29.2 Å². The van der Waals surface area contributed by atoms with Gasteiger partial charge in [-0.05, 0) is 23.6 Å². The summed E-state index contributed by atoms with van der Waals surface area (Å²) in [5, 5.41) is 6.81. The highest BCUT2D eigenvalue weighted by molar-refractivity contribution is 5.31. The van der Waals surface area contributed by atoms with Crippen molar-refractivity contribution in [1.29, 1.82) is 0 Å². The minimum absolute atomic E-state index is 0.472. The Hall–Kier alpha value is -1.45. The third-order valence-corrected chi connectivity index (χ3v) is 1.60. The number of nitrogens with two attached hydrogens (primary N) is 1. The fourth-order valence-electron chi connectivity index (χ4n) is 0.907. The van der Waals surface area contributed by atoms with Crippen molar-refractivity contribution in [2.45, 2.75) is 19.8 Å². The molecule has 0 spiro atoms. The number of nitrogens with zero attached hydrogens (tertiary/aromatic N) is 3. The second-order valence-electron chi connectivity index (χ2n) is 2.82. The lowest BCUT2D eigenvalue weighted by Gasteiger charge is -2.03. The van der Waals surface area contributed by atoms with Crippen LogP contribution < -0.4 is 5.84 Å². The third-order valence-electron chi connectivity index (χ3n) is 1.60. The van der Waals surface area contributed by atoms with Crippen LogP contribution in [0.5, 0.6) is 0 Å². The first-order valence-corrected chi connectivity index (χ1v) is 3.81. The molecule has 0 saturated heterocycles. The van der Waals surface area contributed by atoms with Gasteiger partial charge in [-0.25, -0.2) is 4.98 Å². The van der Waals surface area contributed by atoms with Crippen LogP contribution in [0.4, 0.5) is 5.82 Å². The Balaban J connectivity index is 2.95. The van der Waals surface area contributed by atoms with Crippen molar-refractivity contribution in [3.05, 3.63) is 23.9 Å². The molecule has 12 heavy (non-hydrogen) atoms. The SMILES string of the molecule is CC(C)c1ccnc(N=NN)c1. The van der Waals surface area contributed by atoms with Crippen LogP contribution in [-0.4, -0.2) is 4.98 Å². The lowest BCUT2D eigenvalue weighted by molar-refractivity contribution is 0.861. The van der Waals surface area contributed by atoms with Crippen LogP contribution >= 0.6 is 0 Å². The smallest absolute Gasteiger partial charge is 0.176 e. The Bertz CT molecular complexity index is 280. The van der Waals surface area contributed by atoms with E-state index < -0.39 is 0 Å². The van der Waals surface area contributed by atoms with E-state index in [1.54, 1.807) is 6.20 Å². The summed E-state index contributed by atoms with van der Waals surface area (Å²) in [4.78, 5) is 3.97. The molecule has 0 atom stereocenters. The average Bonchev–Trinajstić information content (AvgIpc) is 2.05. The second-order valence-corrected chi connectivity index (χ2v) is 2.82. The van der Waals surface area contributed by atoms with Gasteiger partial charge >= 0.3 is 0 Å². The molecule has 2 N–H and O–H groups in total. The van der Waals surface area contributed by atoms with Gasteiger partial charge < -0.3 is 5.84 Å². The molecule has 4 heteroatoms. The minimum atomic E-state index is 0.472. The van der Waals surface area contributed by atoms with Crippen molar-refractivity contribution < 1.29 is 0 Å². The molecule has 1 heterocycles. The van der Waals surface area contributed by atoms with Crippen molar-refractivity contribution in [2.24, 2.45) is 16.2 Å². The first-order valence-electron chi connectivity index (χ1n) is 3.81. The zero-order valence-electron chi connectivity index (χ0n) is 7.23. The zero-order valence-corrected chi connectivity index (χ0v) is 7.23. The molecule has 0 saturated carbocycles. The summed E-state index contributed by atoms with van der Waals surface area (Å²) in [6.07, 6.45) is 1.71. The van der Waals surface area contributed by atoms with Crippen molar-refractivity contribution >= 4 is 5.82 Å². The lowest BCUT2D eigenvalue weighted by atomic mass is 10.1. The molecule has 0 aliphatic rings. The highest BCUT2D eigenvalue weighted by Gasteiger charge is 1.99. The molecule has 1 rings (SSSR count). The zero-order chi connectivity index (χ0) is 8.97. The highest BCUT2D eigenvalue weighted by atomic mass is 15.3. The van der Waals surface area contributed by atoms with E-state index in [0.717, 1.165) is 0 Å². The predicted octanol–water partition coefficient (Wildman–Crippen LogP) is 2.16. The molecule has 0 aliphatic heterocycles. The van der Waals surface area contributed by atoms with E-state index in [-0.39, 0.29) is 0 Å². The molecule has 1 aromatic heterocycles. The molecule has 0 aliphatic carbocycles. The minimum Gasteiger partial charge on any atom is -0.305 e. The van der Waals surface area contributed by atoms with Crippen molar-refractivity contribution in [3.63, 3.8) is 0 Å². The molecule has 0 aromatic carbocycles. The number of hydrogen-bond donors (Lipinski definition) is 1. The summed E-state index contributed by atoms with van der Waals surface area (Å²) in [7, 11) is 0. The van der Waals surface area contributed by atoms with Crippen LogP contribution in [0.25, 0.3) is 0 Å². The molecule has 0 radical (unpaired) electrons. The quantitative estimate of drug-likeness (QED) is 0.413. The number of pyridine rings is 1. The van der Waals surface area contributed by atoms with Crippen LogP contribution in [0.3, 0.4) is 0 Å². The van der Waals surface area contributed by atoms with Gasteiger partial charge in [-0.2, -0.15) is 0 Å². The Kier molecular flexibility index (Phi) is 2.74. The van der Waals surface area contributed by atoms with Crippen LogP contribution in [0.15, 0.2) is 28.7 Å². The second kappa shape index (κ2) is 3.80. The molecule has 0 bridgehead atoms. The van der Waals surface area contributed by atoms with Crippen LogP contribution in [0, 0.1) is 0 Å². The van der Waals surface area contributed by atoms with Crippen LogP contribution in [-0.2, 0) is 0 Å². The summed E-state index contributed by atoms with van der Waals surface area (Å²) < 4.78 is 0. The van der Waals surface area contributed by atoms with Gasteiger partial charge in [0.2, 0.25) is 0 Å². The first-order chi connectivity index (χ1) is 5.74. The highest BCUT2D eigenvalue weighted by Crippen LogP contribution is 2.17. The molecule has 4 nitrogen and oxygen atoms in total. The number of rotatable bonds is 2. The average molecular weight is 164 g/mol. The van der Waals surface area contributed by atoms with Gasteiger partial charge in [0.15, 0.2) is 5.82 Å². The summed E-state index contributed by atoms with van der Waals surface area (Å²) in [6.45, 7) is 4.22. The van der Waals surface area contributed by atoms with Crippen LogP contribution in [0.1, 0.15) is 25.3 Å². The van der Waals surface area contributed by atoms with E-state index in [4.69, 9.17) is 5.84 Å². The van der Waals surface area contributed by atoms with Gasteiger partial charge in [0.1, 0.15) is 0 Å². The summed E-state index contributed by atoms with van der Waals surface area (Å²) in [6, 6.07) is 3.83. The van der Waals surface area contributed by atoms with E-state index in [1.165, 1.54) is 5.56 Å². The van der Waals surface area contributed by atoms with Gasteiger partial charge in [0.25, 0.3) is 0 Å². The van der Waals surface area contributed by atoms with Gasteiger partial charge in [-0.15, -0.1) is 5.11 Å². The Morgan fingerprint density at radius 2 is 2.25 bits per heavy atom. The van der Waals surface area contributed by atoms with E-state index in [9.17, 15) is 0 Å². The summed E-state index contributed by atoms with van der Waals surface area (Å²) >= 11 is 0. The van der Waals surface area contributed by atoms with Gasteiger partial charge in [-0.3, -0.25) is 0 Å². The van der Waals surface area contributed by atoms with Crippen molar-refractivity contribution in [1.82, 2.24) is 4.98 Å². The number of aromatic nitrogens is 1. The van der Waals surface area contributed by atoms with Crippen molar-refractivity contribution in [3.8, 4) is 0 Å². The lowest BCUT2D eigenvalue weighted by Crippen LogP contribution is -1.87. The topological polar surface area (TPSA) is 63.6 Å². The summed E-state index contributed by atoms with van der Waals surface area (Å²) in [5.74, 6) is 5.94. The third kappa shape index (κ3) is 2.02. The maximum atomic E-state index is 4.91. The molecule has 64 valence electrons. The maximum Gasteiger partial charge on any atom is 0.176 e. The molecule has 0 fully saturated rings. The standard InChI is InChI=1S/C8H12N4/c1-6(2)7-3-4-10-8(5-7)11-12-9/h3-6H,1-2H3,(H2,9,10,11). The Morgan fingerprint density at radius 3 is 2.83 bits per heavy atom. The largest absolute Gasteiger partial charge is 0.305 e. The van der Waals surface area contributed by atoms with Gasteiger partial charge in [-0.1, -0.05) is 19.1 Å². The van der Waals surface area contributed by atoms with E-state index >= 15 is 0 Å². The molecule has 1 aromatic rings. The number of hydrogen-bond acceptors (Lipinski definition) is 3. The fraction of sp³-hybridized carbons (Fsp3) is 0.375. The molecular weight excluding hydrogens is 152 g/mol. The van der Waals surface area contributed by atoms with E-state index in [0.29, 0.717) is 11.7 Å². The summed E-state index contributed by atoms with van der Waals surface area (Å²) in [5.41, 5.74) is 1.19. The van der Waals surface area contributed by atoms with E-state index in [1.807, 2.05) is 12.1 Å². The van der Waals surface area contributed by atoms with Crippen LogP contribution in [0.2, 0.25) is 0 Å². The predicted molar refractivity (Wildman–Crippen MR) is 47.0 cm³/mol. The van der Waals surface area contributed by atoms with Gasteiger partial charge in [0.05, 0.1) is 0 Å². The maximum absolute atomic E-state index is 4.91. The molecule has 0 amide bonds. The molecular formula is C8H12N4. The molecule has 0 unspecified atom stereocenters. The Labute approximate surface area is 71.5 Å². The van der Waals surface area contributed by atoms with Crippen molar-refractivity contribution in [2.75, 3.05) is 0 Å². The van der Waals surface area contributed by atoms with Gasteiger partial charge in [0, 0.05) is 6.20 Å². The Morgan fingerprint density at radius 1 is 1.50 bits per heavy atom. The normalized spacial score (nSPS) is 11.2. The fourth-order valence-corrected chi connectivity index (χ4v) is 0.907.